The van der Waals surface area contributed by atoms with Crippen molar-refractivity contribution in [1.82, 2.24) is 0 Å². The maximum Gasteiger partial charge on any atom is 0.0864 e. The molecule has 3 heteroatoms. The molecule has 0 aromatic heterocycles. The summed E-state index contributed by atoms with van der Waals surface area (Å²) in [5, 5.41) is 10.9. The standard InChI is InChI=1S/C11H12Cl2O/c1-3-7(2)11(14)9-5-4-8(12)6-10(9)13/h3-7,11,14H,1H2,2H3/t7-,11-/m0/s1. The molecule has 0 fully saturated rings. The molecule has 14 heavy (non-hydrogen) atoms. The smallest absolute Gasteiger partial charge is 0.0864 e. The largest absolute Gasteiger partial charge is 0.388 e. The molecule has 0 bridgehead atoms. The third kappa shape index (κ3) is 2.50. The summed E-state index contributed by atoms with van der Waals surface area (Å²) < 4.78 is 0. The van der Waals surface area contributed by atoms with Crippen LogP contribution in [0, 0.1) is 5.92 Å². The number of hydrogen-bond acceptors (Lipinski definition) is 1. The van der Waals surface area contributed by atoms with Gasteiger partial charge in [-0.25, -0.2) is 0 Å². The van der Waals surface area contributed by atoms with Crippen LogP contribution in [0.25, 0.3) is 0 Å². The Morgan fingerprint density at radius 3 is 2.57 bits per heavy atom. The molecule has 0 saturated heterocycles. The van der Waals surface area contributed by atoms with Crippen LogP contribution < -0.4 is 0 Å². The quantitative estimate of drug-likeness (QED) is 0.783. The fourth-order valence-electron chi connectivity index (χ4n) is 1.15. The van der Waals surface area contributed by atoms with Crippen molar-refractivity contribution < 1.29 is 5.11 Å². The van der Waals surface area contributed by atoms with Crippen molar-refractivity contribution in [3.63, 3.8) is 0 Å². The van der Waals surface area contributed by atoms with Crippen molar-refractivity contribution in [3.8, 4) is 0 Å². The van der Waals surface area contributed by atoms with Gasteiger partial charge in [0.1, 0.15) is 0 Å². The zero-order valence-corrected chi connectivity index (χ0v) is 9.39. The van der Waals surface area contributed by atoms with E-state index in [0.717, 1.165) is 0 Å². The van der Waals surface area contributed by atoms with Crippen molar-refractivity contribution in [1.29, 1.82) is 0 Å². The summed E-state index contributed by atoms with van der Waals surface area (Å²) in [5.74, 6) is -0.0336. The average molecular weight is 231 g/mol. The fourth-order valence-corrected chi connectivity index (χ4v) is 1.67. The maximum atomic E-state index is 9.86. The van der Waals surface area contributed by atoms with Crippen molar-refractivity contribution in [3.05, 3.63) is 46.5 Å². The van der Waals surface area contributed by atoms with Crippen molar-refractivity contribution in [2.24, 2.45) is 5.92 Å². The number of hydrogen-bond donors (Lipinski definition) is 1. The SMILES string of the molecule is C=C[C@H](C)[C@H](O)c1ccc(Cl)cc1Cl. The van der Waals surface area contributed by atoms with E-state index in [1.54, 1.807) is 24.3 Å². The Hall–Kier alpha value is -0.500. The number of halogens is 2. The van der Waals surface area contributed by atoms with Gasteiger partial charge in [-0.3, -0.25) is 0 Å². The first-order valence-electron chi connectivity index (χ1n) is 4.32. The summed E-state index contributed by atoms with van der Waals surface area (Å²) in [6.45, 7) is 5.50. The van der Waals surface area contributed by atoms with E-state index in [1.165, 1.54) is 0 Å². The summed E-state index contributed by atoms with van der Waals surface area (Å²) in [5.41, 5.74) is 0.684. The second-order valence-corrected chi connectivity index (χ2v) is 4.05. The van der Waals surface area contributed by atoms with Gasteiger partial charge in [-0.05, 0) is 17.7 Å². The van der Waals surface area contributed by atoms with Crippen LogP contribution in [0.2, 0.25) is 10.0 Å². The molecular formula is C11H12Cl2O. The van der Waals surface area contributed by atoms with Crippen LogP contribution in [0.1, 0.15) is 18.6 Å². The minimum atomic E-state index is -0.628. The van der Waals surface area contributed by atoms with Gasteiger partial charge >= 0.3 is 0 Å². The molecule has 0 spiro atoms. The molecule has 1 nitrogen and oxygen atoms in total. The molecule has 76 valence electrons. The number of rotatable bonds is 3. The van der Waals surface area contributed by atoms with Gasteiger partial charge in [0.15, 0.2) is 0 Å². The van der Waals surface area contributed by atoms with E-state index >= 15 is 0 Å². The molecule has 0 saturated carbocycles. The van der Waals surface area contributed by atoms with Crippen LogP contribution in [0.3, 0.4) is 0 Å². The molecule has 2 atom stereocenters. The van der Waals surface area contributed by atoms with Gasteiger partial charge in [0.2, 0.25) is 0 Å². The molecule has 1 aromatic carbocycles. The van der Waals surface area contributed by atoms with E-state index < -0.39 is 6.10 Å². The molecule has 0 aliphatic heterocycles. The number of benzene rings is 1. The molecule has 0 amide bonds. The molecule has 0 aliphatic carbocycles. The van der Waals surface area contributed by atoms with Gasteiger partial charge in [-0.15, -0.1) is 6.58 Å². The lowest BCUT2D eigenvalue weighted by Crippen LogP contribution is -2.06. The third-order valence-corrected chi connectivity index (χ3v) is 2.71. The van der Waals surface area contributed by atoms with Crippen LogP contribution in [-0.2, 0) is 0 Å². The lowest BCUT2D eigenvalue weighted by atomic mass is 9.98. The molecule has 0 heterocycles. The van der Waals surface area contributed by atoms with E-state index in [9.17, 15) is 5.11 Å². The van der Waals surface area contributed by atoms with Crippen LogP contribution in [0.15, 0.2) is 30.9 Å². The van der Waals surface area contributed by atoms with Crippen molar-refractivity contribution in [2.45, 2.75) is 13.0 Å². The normalized spacial score (nSPS) is 14.9. The first-order valence-corrected chi connectivity index (χ1v) is 5.07. The zero-order valence-electron chi connectivity index (χ0n) is 7.87. The Morgan fingerprint density at radius 2 is 2.07 bits per heavy atom. The highest BCUT2D eigenvalue weighted by molar-refractivity contribution is 6.35. The van der Waals surface area contributed by atoms with E-state index in [-0.39, 0.29) is 5.92 Å². The summed E-state index contributed by atoms with van der Waals surface area (Å²) in [6.07, 6.45) is 1.06. The minimum Gasteiger partial charge on any atom is -0.388 e. The van der Waals surface area contributed by atoms with Crippen LogP contribution >= 0.6 is 23.2 Å². The van der Waals surface area contributed by atoms with Crippen LogP contribution in [0.4, 0.5) is 0 Å². The van der Waals surface area contributed by atoms with Crippen molar-refractivity contribution >= 4 is 23.2 Å². The van der Waals surface area contributed by atoms with Gasteiger partial charge in [0.25, 0.3) is 0 Å². The van der Waals surface area contributed by atoms with E-state index in [2.05, 4.69) is 6.58 Å². The fraction of sp³-hybridized carbons (Fsp3) is 0.273. The predicted molar refractivity (Wildman–Crippen MR) is 60.8 cm³/mol. The average Bonchev–Trinajstić information content (AvgIpc) is 2.15. The topological polar surface area (TPSA) is 20.2 Å². The first kappa shape index (κ1) is 11.6. The molecule has 1 aromatic rings. The van der Waals surface area contributed by atoms with E-state index in [0.29, 0.717) is 15.6 Å². The number of aliphatic hydroxyl groups excluding tert-OH is 1. The van der Waals surface area contributed by atoms with Gasteiger partial charge < -0.3 is 5.11 Å². The van der Waals surface area contributed by atoms with Crippen LogP contribution in [-0.4, -0.2) is 5.11 Å². The lowest BCUT2D eigenvalue weighted by molar-refractivity contribution is 0.140. The van der Waals surface area contributed by atoms with Gasteiger partial charge in [0, 0.05) is 16.0 Å². The molecular weight excluding hydrogens is 219 g/mol. The lowest BCUT2D eigenvalue weighted by Gasteiger charge is -2.16. The maximum absolute atomic E-state index is 9.86. The van der Waals surface area contributed by atoms with E-state index in [1.807, 2.05) is 6.92 Å². The molecule has 1 rings (SSSR count). The summed E-state index contributed by atoms with van der Waals surface area (Å²) in [7, 11) is 0. The number of aliphatic hydroxyl groups is 1. The zero-order chi connectivity index (χ0) is 10.7. The van der Waals surface area contributed by atoms with Gasteiger partial charge in [0.05, 0.1) is 6.10 Å². The monoisotopic (exact) mass is 230 g/mol. The Balaban J connectivity index is 3.01. The molecule has 0 radical (unpaired) electrons. The second-order valence-electron chi connectivity index (χ2n) is 3.21. The van der Waals surface area contributed by atoms with Gasteiger partial charge in [-0.1, -0.05) is 42.3 Å². The highest BCUT2D eigenvalue weighted by Gasteiger charge is 2.16. The second kappa shape index (κ2) is 4.83. The molecule has 0 unspecified atom stereocenters. The Kier molecular flexibility index (Phi) is 3.99. The van der Waals surface area contributed by atoms with Crippen LogP contribution in [0.5, 0.6) is 0 Å². The predicted octanol–water partition coefficient (Wildman–Crippen LogP) is 3.85. The first-order chi connectivity index (χ1) is 6.56. The van der Waals surface area contributed by atoms with E-state index in [4.69, 9.17) is 23.2 Å². The minimum absolute atomic E-state index is 0.0336. The highest BCUT2D eigenvalue weighted by atomic mass is 35.5. The Labute approximate surface area is 94.0 Å². The Bertz CT molecular complexity index is 336. The summed E-state index contributed by atoms with van der Waals surface area (Å²) in [6, 6.07) is 5.06. The van der Waals surface area contributed by atoms with Crippen molar-refractivity contribution in [2.75, 3.05) is 0 Å². The highest BCUT2D eigenvalue weighted by Crippen LogP contribution is 2.30. The van der Waals surface area contributed by atoms with Gasteiger partial charge in [-0.2, -0.15) is 0 Å². The summed E-state index contributed by atoms with van der Waals surface area (Å²) >= 11 is 11.7. The molecule has 1 N–H and O–H groups in total. The summed E-state index contributed by atoms with van der Waals surface area (Å²) in [4.78, 5) is 0. The Morgan fingerprint density at radius 1 is 1.43 bits per heavy atom. The third-order valence-electron chi connectivity index (χ3n) is 2.15. The molecule has 0 aliphatic rings.